The number of carbonyl (C=O) groups is 2. The lowest BCUT2D eigenvalue weighted by molar-refractivity contribution is -0.138. The molecule has 2 aliphatic heterocycles. The standard InChI is InChI=1S/C32H34ClFN2O5/c1-32(2,3)19-36-26-12-11-23(33)16-24(26)29(20-8-6-9-21(15-20)31-39-13-14-40-31)41-27(30(36)38)17-28(37)35-18-22-7-4-5-10-25(22)34/h4-12,15-16,27,29,31H,13-14,17-19H2,1-3H3,(H,35,37). The first-order chi connectivity index (χ1) is 19.6. The van der Waals surface area contributed by atoms with E-state index in [2.05, 4.69) is 5.32 Å². The summed E-state index contributed by atoms with van der Waals surface area (Å²) < 4.78 is 32.1. The largest absolute Gasteiger partial charge is 0.355 e. The highest BCUT2D eigenvalue weighted by atomic mass is 35.5. The second-order valence-corrected chi connectivity index (χ2v) is 11.9. The van der Waals surface area contributed by atoms with Crippen LogP contribution in [0.3, 0.4) is 0 Å². The smallest absolute Gasteiger partial charge is 0.256 e. The molecule has 1 fully saturated rings. The molecular weight excluding hydrogens is 547 g/mol. The van der Waals surface area contributed by atoms with Gasteiger partial charge in [-0.2, -0.15) is 0 Å². The number of carbonyl (C=O) groups excluding carboxylic acids is 2. The van der Waals surface area contributed by atoms with Crippen LogP contribution in [0.2, 0.25) is 5.02 Å². The van der Waals surface area contributed by atoms with Crippen molar-refractivity contribution in [2.45, 2.75) is 52.2 Å². The Hall–Kier alpha value is -3.30. The fourth-order valence-corrected chi connectivity index (χ4v) is 5.28. The topological polar surface area (TPSA) is 77.1 Å². The number of hydrogen-bond donors (Lipinski definition) is 1. The van der Waals surface area contributed by atoms with Crippen LogP contribution in [0.5, 0.6) is 0 Å². The molecule has 0 bridgehead atoms. The van der Waals surface area contributed by atoms with Crippen molar-refractivity contribution in [3.05, 3.63) is 99.8 Å². The summed E-state index contributed by atoms with van der Waals surface area (Å²) in [7, 11) is 0. The molecule has 7 nitrogen and oxygen atoms in total. The zero-order valence-corrected chi connectivity index (χ0v) is 24.1. The first-order valence-corrected chi connectivity index (χ1v) is 14.1. The van der Waals surface area contributed by atoms with E-state index in [1.165, 1.54) is 6.07 Å². The lowest BCUT2D eigenvalue weighted by Crippen LogP contribution is -2.45. The van der Waals surface area contributed by atoms with Crippen LogP contribution in [0.15, 0.2) is 66.7 Å². The molecule has 216 valence electrons. The molecule has 5 rings (SSSR count). The Morgan fingerprint density at radius 1 is 1.02 bits per heavy atom. The van der Waals surface area contributed by atoms with Crippen molar-refractivity contribution in [3.63, 3.8) is 0 Å². The third kappa shape index (κ3) is 6.96. The van der Waals surface area contributed by atoms with E-state index >= 15 is 0 Å². The van der Waals surface area contributed by atoms with E-state index in [0.717, 1.165) is 16.7 Å². The molecule has 0 saturated carbocycles. The van der Waals surface area contributed by atoms with Crippen molar-refractivity contribution in [3.8, 4) is 0 Å². The second kappa shape index (κ2) is 12.3. The van der Waals surface area contributed by atoms with Crippen molar-refractivity contribution >= 4 is 29.1 Å². The highest BCUT2D eigenvalue weighted by Gasteiger charge is 2.39. The maximum Gasteiger partial charge on any atom is 0.256 e. The summed E-state index contributed by atoms with van der Waals surface area (Å²) in [4.78, 5) is 28.9. The average molecular weight is 581 g/mol. The summed E-state index contributed by atoms with van der Waals surface area (Å²) in [6.45, 7) is 7.54. The van der Waals surface area contributed by atoms with Crippen LogP contribution in [-0.4, -0.2) is 37.7 Å². The average Bonchev–Trinajstić information content (AvgIpc) is 3.45. The Morgan fingerprint density at radius 3 is 2.49 bits per heavy atom. The number of fused-ring (bicyclic) bond motifs is 1. The van der Waals surface area contributed by atoms with Gasteiger partial charge >= 0.3 is 0 Å². The Bertz CT molecular complexity index is 1420. The van der Waals surface area contributed by atoms with Crippen molar-refractivity contribution in [1.82, 2.24) is 5.32 Å². The third-order valence-electron chi connectivity index (χ3n) is 6.95. The van der Waals surface area contributed by atoms with Gasteiger partial charge in [0.05, 0.1) is 19.6 Å². The third-order valence-corrected chi connectivity index (χ3v) is 7.18. The van der Waals surface area contributed by atoms with Crippen LogP contribution in [0.25, 0.3) is 0 Å². The number of nitrogens with one attached hydrogen (secondary N) is 1. The molecule has 0 spiro atoms. The van der Waals surface area contributed by atoms with Gasteiger partial charge < -0.3 is 24.4 Å². The van der Waals surface area contributed by atoms with Gasteiger partial charge in [-0.05, 0) is 41.3 Å². The Labute approximate surface area is 244 Å². The molecule has 41 heavy (non-hydrogen) atoms. The summed E-state index contributed by atoms with van der Waals surface area (Å²) in [6, 6.07) is 19.3. The van der Waals surface area contributed by atoms with Gasteiger partial charge in [-0.15, -0.1) is 0 Å². The van der Waals surface area contributed by atoms with Crippen LogP contribution >= 0.6 is 11.6 Å². The van der Waals surface area contributed by atoms with Crippen molar-refractivity contribution in [2.24, 2.45) is 5.41 Å². The lowest BCUT2D eigenvalue weighted by Gasteiger charge is -2.31. The van der Waals surface area contributed by atoms with E-state index in [-0.39, 0.29) is 24.3 Å². The van der Waals surface area contributed by atoms with Crippen molar-refractivity contribution in [1.29, 1.82) is 0 Å². The molecule has 2 aliphatic rings. The Morgan fingerprint density at radius 2 is 1.76 bits per heavy atom. The number of amides is 2. The van der Waals surface area contributed by atoms with E-state index in [1.54, 1.807) is 35.2 Å². The summed E-state index contributed by atoms with van der Waals surface area (Å²) in [5, 5.41) is 3.24. The molecule has 2 atom stereocenters. The van der Waals surface area contributed by atoms with Crippen molar-refractivity contribution < 1.29 is 28.2 Å². The minimum absolute atomic E-state index is 0.000812. The molecular formula is C32H34ClFN2O5. The molecule has 0 aromatic heterocycles. The van der Waals surface area contributed by atoms with Crippen molar-refractivity contribution in [2.75, 3.05) is 24.7 Å². The van der Waals surface area contributed by atoms with E-state index in [4.69, 9.17) is 25.8 Å². The monoisotopic (exact) mass is 580 g/mol. The molecule has 9 heteroatoms. The first kappa shape index (κ1) is 29.2. The number of rotatable bonds is 7. The zero-order valence-electron chi connectivity index (χ0n) is 23.4. The quantitative estimate of drug-likeness (QED) is 0.365. The van der Waals surface area contributed by atoms with Crippen LogP contribution < -0.4 is 10.2 Å². The minimum Gasteiger partial charge on any atom is -0.355 e. The van der Waals surface area contributed by atoms with E-state index in [9.17, 15) is 14.0 Å². The van der Waals surface area contributed by atoms with E-state index in [1.807, 2.05) is 51.1 Å². The second-order valence-electron chi connectivity index (χ2n) is 11.5. The van der Waals surface area contributed by atoms with Crippen LogP contribution in [0.4, 0.5) is 10.1 Å². The number of hydrogen-bond acceptors (Lipinski definition) is 5. The first-order valence-electron chi connectivity index (χ1n) is 13.7. The minimum atomic E-state index is -1.10. The summed E-state index contributed by atoms with van der Waals surface area (Å²) in [5.74, 6) is -1.16. The van der Waals surface area contributed by atoms with Gasteiger partial charge in [0, 0.05) is 40.5 Å². The van der Waals surface area contributed by atoms with Gasteiger partial charge in [0.1, 0.15) is 18.0 Å². The number of anilines is 1. The van der Waals surface area contributed by atoms with Gasteiger partial charge in [-0.1, -0.05) is 68.8 Å². The molecule has 1 saturated heterocycles. The molecule has 3 aromatic carbocycles. The maximum absolute atomic E-state index is 14.1. The van der Waals surface area contributed by atoms with Crippen LogP contribution in [-0.2, 0) is 30.3 Å². The summed E-state index contributed by atoms with van der Waals surface area (Å²) in [6.07, 6.45) is -2.53. The molecule has 1 N–H and O–H groups in total. The lowest BCUT2D eigenvalue weighted by atomic mass is 9.94. The number of benzene rings is 3. The fourth-order valence-electron chi connectivity index (χ4n) is 5.10. The van der Waals surface area contributed by atoms with E-state index < -0.39 is 30.2 Å². The SMILES string of the molecule is CC(C)(C)CN1C(=O)C(CC(=O)NCc2ccccc2F)OC(c2cccc(C3OCCO3)c2)c2cc(Cl)ccc21. The highest BCUT2D eigenvalue weighted by molar-refractivity contribution is 6.30. The number of ether oxygens (including phenoxy) is 3. The molecule has 0 aliphatic carbocycles. The van der Waals surface area contributed by atoms with E-state index in [0.29, 0.717) is 36.0 Å². The number of nitrogens with zero attached hydrogens (tertiary/aromatic N) is 1. The highest BCUT2D eigenvalue weighted by Crippen LogP contribution is 2.41. The van der Waals surface area contributed by atoms with Gasteiger partial charge in [0.25, 0.3) is 5.91 Å². The Balaban J connectivity index is 1.50. The fraction of sp³-hybridized carbons (Fsp3) is 0.375. The molecule has 0 radical (unpaired) electrons. The molecule has 3 aromatic rings. The van der Waals surface area contributed by atoms with Gasteiger partial charge in [0.2, 0.25) is 5.91 Å². The maximum atomic E-state index is 14.1. The number of halogens is 2. The molecule has 2 heterocycles. The molecule has 2 unspecified atom stereocenters. The zero-order chi connectivity index (χ0) is 29.1. The summed E-state index contributed by atoms with van der Waals surface area (Å²) in [5.41, 5.74) is 3.10. The molecule has 2 amide bonds. The Kier molecular flexibility index (Phi) is 8.75. The van der Waals surface area contributed by atoms with Gasteiger partial charge in [-0.3, -0.25) is 9.59 Å². The van der Waals surface area contributed by atoms with Crippen LogP contribution in [0.1, 0.15) is 61.8 Å². The normalized spacial score (nSPS) is 19.6. The van der Waals surface area contributed by atoms with Gasteiger partial charge in [0.15, 0.2) is 6.29 Å². The predicted molar refractivity (Wildman–Crippen MR) is 154 cm³/mol. The predicted octanol–water partition coefficient (Wildman–Crippen LogP) is 6.10. The van der Waals surface area contributed by atoms with Gasteiger partial charge in [-0.25, -0.2) is 4.39 Å². The summed E-state index contributed by atoms with van der Waals surface area (Å²) >= 11 is 6.47. The van der Waals surface area contributed by atoms with Crippen LogP contribution in [0, 0.1) is 11.2 Å².